The molecule has 0 rings (SSSR count). The summed E-state index contributed by atoms with van der Waals surface area (Å²) in [5, 5.41) is 0. The Morgan fingerprint density at radius 1 is 1.00 bits per heavy atom. The zero-order valence-electron chi connectivity index (χ0n) is 10.2. The average Bonchev–Trinajstić information content (AvgIpc) is 2.10. The van der Waals surface area contributed by atoms with Crippen LogP contribution in [0.4, 0.5) is 0 Å². The van der Waals surface area contributed by atoms with E-state index >= 15 is 0 Å². The van der Waals surface area contributed by atoms with Gasteiger partial charge in [-0.15, -0.1) is 0 Å². The largest absolute Gasteiger partial charge is 0.0859 e. The number of hydrogen-bond acceptors (Lipinski definition) is 0. The van der Waals surface area contributed by atoms with Gasteiger partial charge in [-0.25, -0.2) is 0 Å². The molecule has 0 aromatic heterocycles. The van der Waals surface area contributed by atoms with Crippen molar-refractivity contribution in [1.29, 1.82) is 0 Å². The van der Waals surface area contributed by atoms with Gasteiger partial charge in [0.25, 0.3) is 0 Å². The van der Waals surface area contributed by atoms with Crippen molar-refractivity contribution in [2.75, 3.05) is 0 Å². The summed E-state index contributed by atoms with van der Waals surface area (Å²) in [5.41, 5.74) is 1.50. The van der Waals surface area contributed by atoms with Crippen LogP contribution in [0.25, 0.3) is 0 Å². The van der Waals surface area contributed by atoms with E-state index in [2.05, 4.69) is 40.7 Å². The summed E-state index contributed by atoms with van der Waals surface area (Å²) in [5.74, 6) is 0. The molecule has 0 heteroatoms. The second kappa shape index (κ2) is 29.8. The van der Waals surface area contributed by atoms with Crippen molar-refractivity contribution in [2.45, 2.75) is 75.2 Å². The van der Waals surface area contributed by atoms with E-state index in [-0.39, 0.29) is 7.43 Å². The van der Waals surface area contributed by atoms with Gasteiger partial charge < -0.3 is 0 Å². The highest BCUT2D eigenvalue weighted by atomic mass is 13.8. The van der Waals surface area contributed by atoms with Gasteiger partial charge in [-0.05, 0) is 19.8 Å². The van der Waals surface area contributed by atoms with E-state index in [1.807, 2.05) is 13.8 Å². The van der Waals surface area contributed by atoms with E-state index in [1.54, 1.807) is 0 Å². The van der Waals surface area contributed by atoms with E-state index < -0.39 is 0 Å². The summed E-state index contributed by atoms with van der Waals surface area (Å²) in [6, 6.07) is 0. The molecule has 0 radical (unpaired) electrons. The molecule has 0 unspecified atom stereocenters. The molecule has 0 saturated heterocycles. The van der Waals surface area contributed by atoms with Crippen LogP contribution in [0, 0.1) is 0 Å². The maximum atomic E-state index is 2.26. The van der Waals surface area contributed by atoms with Gasteiger partial charge >= 0.3 is 0 Å². The number of rotatable bonds is 2. The van der Waals surface area contributed by atoms with Crippen molar-refractivity contribution >= 4 is 0 Å². The fraction of sp³-hybridized carbons (Fsp3) is 0.846. The SMILES string of the molecule is C.CC.CC/C=C(/C)CC.CCC. The average molecular weight is 188 g/mol. The minimum Gasteiger partial charge on any atom is -0.0859 e. The second-order valence-electron chi connectivity index (χ2n) is 2.52. The molecule has 0 spiro atoms. The standard InChI is InChI=1S/C7H14.C3H8.C2H6.CH4/c1-4-6-7(3)5-2;1-3-2;1-2;/h6H,4-5H2,1-3H3;3H2,1-2H3;1-2H3;1H4/b7-6-;;;. The number of hydrogen-bond donors (Lipinski definition) is 0. The molecular formula is C13H32. The van der Waals surface area contributed by atoms with Crippen LogP contribution in [0.1, 0.15) is 75.2 Å². The smallest absolute Gasteiger partial charge is 0.0352 e. The molecular weight excluding hydrogens is 156 g/mol. The van der Waals surface area contributed by atoms with Crippen molar-refractivity contribution in [1.82, 2.24) is 0 Å². The van der Waals surface area contributed by atoms with Crippen LogP contribution in [-0.2, 0) is 0 Å². The van der Waals surface area contributed by atoms with Gasteiger partial charge in [0.2, 0.25) is 0 Å². The fourth-order valence-corrected chi connectivity index (χ4v) is 0.493. The predicted molar refractivity (Wildman–Crippen MR) is 68.4 cm³/mol. The van der Waals surface area contributed by atoms with Crippen LogP contribution < -0.4 is 0 Å². The van der Waals surface area contributed by atoms with E-state index in [0.29, 0.717) is 0 Å². The first-order valence-electron chi connectivity index (χ1n) is 5.38. The van der Waals surface area contributed by atoms with Crippen LogP contribution in [0.5, 0.6) is 0 Å². The fourth-order valence-electron chi connectivity index (χ4n) is 0.493. The molecule has 0 bridgehead atoms. The molecule has 13 heavy (non-hydrogen) atoms. The molecule has 0 N–H and O–H groups in total. The Hall–Kier alpha value is -0.260. The van der Waals surface area contributed by atoms with E-state index in [9.17, 15) is 0 Å². The van der Waals surface area contributed by atoms with Gasteiger partial charge in [-0.2, -0.15) is 0 Å². The van der Waals surface area contributed by atoms with Gasteiger partial charge in [0.1, 0.15) is 0 Å². The Kier molecular flexibility index (Phi) is 52.7. The minimum absolute atomic E-state index is 0. The molecule has 0 aromatic carbocycles. The molecule has 0 atom stereocenters. The van der Waals surface area contributed by atoms with Gasteiger partial charge in [-0.3, -0.25) is 0 Å². The summed E-state index contributed by atoms with van der Waals surface area (Å²) < 4.78 is 0. The van der Waals surface area contributed by atoms with Crippen molar-refractivity contribution in [3.8, 4) is 0 Å². The zero-order chi connectivity index (χ0) is 10.4. The highest BCUT2D eigenvalue weighted by Crippen LogP contribution is 1.97. The summed E-state index contributed by atoms with van der Waals surface area (Å²) >= 11 is 0. The molecule has 0 amide bonds. The van der Waals surface area contributed by atoms with Gasteiger partial charge in [-0.1, -0.05) is 67.0 Å². The minimum atomic E-state index is 0. The van der Waals surface area contributed by atoms with Crippen molar-refractivity contribution in [2.24, 2.45) is 0 Å². The van der Waals surface area contributed by atoms with E-state index in [0.717, 1.165) is 0 Å². The van der Waals surface area contributed by atoms with Crippen LogP contribution >= 0.6 is 0 Å². The first-order valence-corrected chi connectivity index (χ1v) is 5.38. The van der Waals surface area contributed by atoms with Crippen LogP contribution in [0.2, 0.25) is 0 Å². The monoisotopic (exact) mass is 188 g/mol. The lowest BCUT2D eigenvalue weighted by molar-refractivity contribution is 1.06. The maximum Gasteiger partial charge on any atom is -0.0352 e. The molecule has 0 heterocycles. The second-order valence-corrected chi connectivity index (χ2v) is 2.52. The molecule has 0 aliphatic carbocycles. The van der Waals surface area contributed by atoms with Gasteiger partial charge in [0.05, 0.1) is 0 Å². The molecule has 0 fully saturated rings. The Labute approximate surface area is 87.4 Å². The van der Waals surface area contributed by atoms with Crippen molar-refractivity contribution in [3.63, 3.8) is 0 Å². The third-order valence-electron chi connectivity index (χ3n) is 1.11. The Morgan fingerprint density at radius 3 is 1.38 bits per heavy atom. The lowest BCUT2D eigenvalue weighted by Gasteiger charge is -1.88. The highest BCUT2D eigenvalue weighted by Gasteiger charge is 1.76. The third kappa shape index (κ3) is 49.6. The topological polar surface area (TPSA) is 0 Å². The van der Waals surface area contributed by atoms with E-state index in [1.165, 1.54) is 24.8 Å². The van der Waals surface area contributed by atoms with Crippen molar-refractivity contribution in [3.05, 3.63) is 11.6 Å². The van der Waals surface area contributed by atoms with Gasteiger partial charge in [0, 0.05) is 0 Å². The normalized spacial score (nSPS) is 8.38. The summed E-state index contributed by atoms with van der Waals surface area (Å²) in [7, 11) is 0. The first-order chi connectivity index (χ1) is 5.72. The first kappa shape index (κ1) is 23.0. The van der Waals surface area contributed by atoms with Crippen LogP contribution in [-0.4, -0.2) is 0 Å². The number of allylic oxidation sites excluding steroid dienone is 2. The Bertz CT molecular complexity index is 70.1. The van der Waals surface area contributed by atoms with Crippen molar-refractivity contribution < 1.29 is 0 Å². The quantitative estimate of drug-likeness (QED) is 0.478. The molecule has 0 aromatic rings. The summed E-state index contributed by atoms with van der Waals surface area (Å²) in [6.07, 6.45) is 5.90. The molecule has 0 aliphatic rings. The highest BCUT2D eigenvalue weighted by molar-refractivity contribution is 4.95. The third-order valence-corrected chi connectivity index (χ3v) is 1.11. The maximum absolute atomic E-state index is 2.26. The Balaban J connectivity index is -0.0000000581. The molecule has 84 valence electrons. The predicted octanol–water partition coefficient (Wildman–Crippen LogP) is 5.83. The Morgan fingerprint density at radius 2 is 1.31 bits per heavy atom. The molecule has 0 nitrogen and oxygen atoms in total. The lowest BCUT2D eigenvalue weighted by Crippen LogP contribution is -1.67. The zero-order valence-corrected chi connectivity index (χ0v) is 10.2. The molecule has 0 aliphatic heterocycles. The summed E-state index contributed by atoms with van der Waals surface area (Å²) in [6.45, 7) is 14.8. The van der Waals surface area contributed by atoms with Crippen LogP contribution in [0.3, 0.4) is 0 Å². The molecule has 0 saturated carbocycles. The van der Waals surface area contributed by atoms with E-state index in [4.69, 9.17) is 0 Å². The lowest BCUT2D eigenvalue weighted by atomic mass is 10.2. The summed E-state index contributed by atoms with van der Waals surface area (Å²) in [4.78, 5) is 0. The van der Waals surface area contributed by atoms with Crippen LogP contribution in [0.15, 0.2) is 11.6 Å². The van der Waals surface area contributed by atoms with Gasteiger partial charge in [0.15, 0.2) is 0 Å².